The monoisotopic (exact) mass is 332 g/mol. The van der Waals surface area contributed by atoms with E-state index >= 15 is 0 Å². The molecular formula is C12H20N4O3S2. The lowest BCUT2D eigenvalue weighted by atomic mass is 10.1. The molecule has 1 aliphatic rings. The minimum Gasteiger partial charge on any atom is -0.323 e. The van der Waals surface area contributed by atoms with Gasteiger partial charge in [-0.05, 0) is 32.5 Å². The number of urea groups is 1. The predicted molar refractivity (Wildman–Crippen MR) is 83.0 cm³/mol. The van der Waals surface area contributed by atoms with Crippen LogP contribution in [0.3, 0.4) is 0 Å². The Hall–Kier alpha value is -1.16. The van der Waals surface area contributed by atoms with Crippen LogP contribution in [0.1, 0.15) is 12.8 Å². The summed E-state index contributed by atoms with van der Waals surface area (Å²) >= 11 is 0.992. The second kappa shape index (κ2) is 6.30. The largest absolute Gasteiger partial charge is 0.323 e. The Morgan fingerprint density at radius 3 is 2.86 bits per heavy atom. The average molecular weight is 332 g/mol. The first-order valence-electron chi connectivity index (χ1n) is 6.61. The maximum Gasteiger partial charge on any atom is 0.321 e. The van der Waals surface area contributed by atoms with Gasteiger partial charge in [-0.1, -0.05) is 0 Å². The number of carbonyl (C=O) groups excluding carboxylic acids is 1. The smallest absolute Gasteiger partial charge is 0.321 e. The molecular weight excluding hydrogens is 312 g/mol. The number of likely N-dealkylation sites (N-methyl/N-ethyl adjacent to an activating group) is 2. The van der Waals surface area contributed by atoms with Gasteiger partial charge in [-0.15, -0.1) is 11.3 Å². The number of carbonyl (C=O) groups is 1. The standard InChI is InChI=1S/C12H20N4O3S2/c1-15-5-3-4-10(7-15)16(2)12(17)14-9-6-11(20-8-9)21(13,18)19/h6,8,10H,3-5,7H2,1-2H3,(H,14,17)(H2,13,18,19). The predicted octanol–water partition coefficient (Wildman–Crippen LogP) is 0.953. The molecule has 0 aromatic carbocycles. The molecule has 2 rings (SSSR count). The summed E-state index contributed by atoms with van der Waals surface area (Å²) in [7, 11) is 0.0741. The number of primary sulfonamides is 1. The van der Waals surface area contributed by atoms with Crippen molar-refractivity contribution < 1.29 is 13.2 Å². The van der Waals surface area contributed by atoms with Crippen molar-refractivity contribution in [1.29, 1.82) is 0 Å². The van der Waals surface area contributed by atoms with E-state index in [1.54, 1.807) is 17.3 Å². The lowest BCUT2D eigenvalue weighted by Gasteiger charge is -2.35. The summed E-state index contributed by atoms with van der Waals surface area (Å²) in [6.45, 7) is 1.89. The fourth-order valence-electron chi connectivity index (χ4n) is 2.36. The van der Waals surface area contributed by atoms with Gasteiger partial charge in [0.05, 0.1) is 5.69 Å². The molecule has 1 atom stereocenters. The van der Waals surface area contributed by atoms with Crippen LogP contribution in [-0.2, 0) is 10.0 Å². The Balaban J connectivity index is 1.99. The molecule has 1 aromatic heterocycles. The summed E-state index contributed by atoms with van der Waals surface area (Å²) < 4.78 is 22.5. The first-order valence-corrected chi connectivity index (χ1v) is 9.03. The second-order valence-corrected chi connectivity index (χ2v) is 8.00. The topological polar surface area (TPSA) is 95.7 Å². The zero-order valence-corrected chi connectivity index (χ0v) is 13.7. The summed E-state index contributed by atoms with van der Waals surface area (Å²) in [5.41, 5.74) is 0.449. The number of thiophene rings is 1. The minimum atomic E-state index is -3.72. The first-order chi connectivity index (χ1) is 9.77. The summed E-state index contributed by atoms with van der Waals surface area (Å²) in [4.78, 5) is 16.1. The zero-order valence-electron chi connectivity index (χ0n) is 12.1. The number of nitrogens with zero attached hydrogens (tertiary/aromatic N) is 2. The lowest BCUT2D eigenvalue weighted by Crippen LogP contribution is -2.48. The summed E-state index contributed by atoms with van der Waals surface area (Å²) in [5.74, 6) is 0. The number of amides is 2. The van der Waals surface area contributed by atoms with E-state index in [4.69, 9.17) is 5.14 Å². The van der Waals surface area contributed by atoms with E-state index in [1.165, 1.54) is 6.07 Å². The number of anilines is 1. The number of nitrogens with one attached hydrogen (secondary N) is 1. The average Bonchev–Trinajstić information content (AvgIpc) is 2.86. The highest BCUT2D eigenvalue weighted by Crippen LogP contribution is 2.23. The van der Waals surface area contributed by atoms with Crippen LogP contribution in [0.25, 0.3) is 0 Å². The maximum atomic E-state index is 12.2. The molecule has 21 heavy (non-hydrogen) atoms. The van der Waals surface area contributed by atoms with Crippen molar-refractivity contribution in [2.75, 3.05) is 32.5 Å². The molecule has 0 spiro atoms. The molecule has 7 nitrogen and oxygen atoms in total. The van der Waals surface area contributed by atoms with Crippen LogP contribution in [0.5, 0.6) is 0 Å². The van der Waals surface area contributed by atoms with Crippen molar-refractivity contribution in [3.05, 3.63) is 11.4 Å². The number of sulfonamides is 1. The van der Waals surface area contributed by atoms with Gasteiger partial charge >= 0.3 is 6.03 Å². The molecule has 1 saturated heterocycles. The van der Waals surface area contributed by atoms with Gasteiger partial charge < -0.3 is 15.1 Å². The number of piperidine rings is 1. The van der Waals surface area contributed by atoms with Gasteiger partial charge in [0.25, 0.3) is 0 Å². The SMILES string of the molecule is CN1CCCC(N(C)C(=O)Nc2csc(S(N)(=O)=O)c2)C1. The molecule has 0 radical (unpaired) electrons. The maximum absolute atomic E-state index is 12.2. The van der Waals surface area contributed by atoms with Crippen LogP contribution < -0.4 is 10.5 Å². The van der Waals surface area contributed by atoms with Gasteiger partial charge in [0.1, 0.15) is 4.21 Å². The second-order valence-electron chi connectivity index (χ2n) is 5.30. The van der Waals surface area contributed by atoms with Crippen LogP contribution in [-0.4, -0.2) is 57.5 Å². The van der Waals surface area contributed by atoms with Crippen molar-refractivity contribution in [2.45, 2.75) is 23.1 Å². The third-order valence-corrected chi connectivity index (χ3v) is 5.96. The molecule has 0 saturated carbocycles. The van der Waals surface area contributed by atoms with E-state index in [9.17, 15) is 13.2 Å². The van der Waals surface area contributed by atoms with Gasteiger partial charge in [-0.3, -0.25) is 0 Å². The van der Waals surface area contributed by atoms with Crippen molar-refractivity contribution in [3.63, 3.8) is 0 Å². The highest BCUT2D eigenvalue weighted by atomic mass is 32.2. The Bertz CT molecular complexity index is 614. The summed E-state index contributed by atoms with van der Waals surface area (Å²) in [6.07, 6.45) is 2.03. The van der Waals surface area contributed by atoms with Crippen LogP contribution >= 0.6 is 11.3 Å². The Kier molecular flexibility index (Phi) is 4.87. The number of nitrogens with two attached hydrogens (primary N) is 1. The van der Waals surface area contributed by atoms with Crippen molar-refractivity contribution >= 4 is 33.1 Å². The van der Waals surface area contributed by atoms with Crippen molar-refractivity contribution in [1.82, 2.24) is 9.80 Å². The molecule has 2 heterocycles. The molecule has 118 valence electrons. The van der Waals surface area contributed by atoms with E-state index in [1.807, 2.05) is 7.05 Å². The molecule has 3 N–H and O–H groups in total. The van der Waals surface area contributed by atoms with Gasteiger partial charge in [-0.25, -0.2) is 18.4 Å². The van der Waals surface area contributed by atoms with Gasteiger partial charge in [0, 0.05) is 25.0 Å². The minimum absolute atomic E-state index is 0.0397. The molecule has 1 aromatic rings. The Morgan fingerprint density at radius 1 is 1.57 bits per heavy atom. The Morgan fingerprint density at radius 2 is 2.29 bits per heavy atom. The van der Waals surface area contributed by atoms with Gasteiger partial charge in [0.15, 0.2) is 0 Å². The number of hydrogen-bond acceptors (Lipinski definition) is 5. The van der Waals surface area contributed by atoms with E-state index < -0.39 is 10.0 Å². The Labute approximate surface area is 128 Å². The van der Waals surface area contributed by atoms with Crippen molar-refractivity contribution in [3.8, 4) is 0 Å². The van der Waals surface area contributed by atoms with Crippen LogP contribution in [0, 0.1) is 0 Å². The zero-order chi connectivity index (χ0) is 15.6. The summed E-state index contributed by atoms with van der Waals surface area (Å²) in [6, 6.07) is 1.30. The van der Waals surface area contributed by atoms with Gasteiger partial charge in [-0.2, -0.15) is 0 Å². The lowest BCUT2D eigenvalue weighted by molar-refractivity contribution is 0.148. The molecule has 0 bridgehead atoms. The molecule has 1 aliphatic heterocycles. The molecule has 2 amide bonds. The quantitative estimate of drug-likeness (QED) is 0.861. The van der Waals surface area contributed by atoms with Gasteiger partial charge in [0.2, 0.25) is 10.0 Å². The third kappa shape index (κ3) is 4.16. The first kappa shape index (κ1) is 16.2. The van der Waals surface area contributed by atoms with E-state index in [-0.39, 0.29) is 16.3 Å². The summed E-state index contributed by atoms with van der Waals surface area (Å²) in [5, 5.41) is 9.32. The number of hydrogen-bond donors (Lipinski definition) is 2. The van der Waals surface area contributed by atoms with E-state index in [0.29, 0.717) is 5.69 Å². The van der Waals surface area contributed by atoms with E-state index in [0.717, 1.165) is 37.3 Å². The fourth-order valence-corrected chi connectivity index (χ4v) is 3.90. The highest BCUT2D eigenvalue weighted by molar-refractivity contribution is 7.91. The fraction of sp³-hybridized carbons (Fsp3) is 0.583. The van der Waals surface area contributed by atoms with Crippen LogP contribution in [0.2, 0.25) is 0 Å². The normalized spacial score (nSPS) is 20.2. The molecule has 0 aliphatic carbocycles. The third-order valence-electron chi connectivity index (χ3n) is 3.57. The van der Waals surface area contributed by atoms with E-state index in [2.05, 4.69) is 10.2 Å². The van der Waals surface area contributed by atoms with Crippen molar-refractivity contribution in [2.24, 2.45) is 5.14 Å². The molecule has 1 unspecified atom stereocenters. The molecule has 1 fully saturated rings. The number of rotatable bonds is 3. The van der Waals surface area contributed by atoms with Crippen LogP contribution in [0.15, 0.2) is 15.7 Å². The van der Waals surface area contributed by atoms with Crippen LogP contribution in [0.4, 0.5) is 10.5 Å². The molecule has 9 heteroatoms. The highest BCUT2D eigenvalue weighted by Gasteiger charge is 2.24. The number of likely N-dealkylation sites (tertiary alicyclic amines) is 1.